The van der Waals surface area contributed by atoms with Crippen molar-refractivity contribution < 1.29 is 24.2 Å². The van der Waals surface area contributed by atoms with Gasteiger partial charge in [-0.3, -0.25) is 9.48 Å². The molecule has 2 aromatic carbocycles. The Morgan fingerprint density at radius 3 is 2.65 bits per heavy atom. The number of carbonyl (C=O) groups is 2. The number of piperidine rings is 1. The van der Waals surface area contributed by atoms with E-state index < -0.39 is 18.0 Å². The number of esters is 2. The van der Waals surface area contributed by atoms with Crippen LogP contribution in [0.15, 0.2) is 54.7 Å². The molecule has 0 bridgehead atoms. The van der Waals surface area contributed by atoms with Gasteiger partial charge in [-0.1, -0.05) is 35.5 Å². The number of rotatable bonds is 7. The Morgan fingerprint density at radius 2 is 1.91 bits per heavy atom. The second-order valence-corrected chi connectivity index (χ2v) is 11.4. The van der Waals surface area contributed by atoms with Crippen molar-refractivity contribution in [1.29, 1.82) is 5.26 Å². The monoisotopic (exact) mass is 582 g/mol. The number of aromatic amines is 1. The van der Waals surface area contributed by atoms with E-state index in [9.17, 15) is 20.0 Å². The normalized spacial score (nSPS) is 23.4. The standard InChI is InChI=1S/C32H34N6O5/c1-42-31(40)20-9-7-19(8-10-20)26-17-38(36-35-26)14-13-23-22-5-3-4-6-25(22)34-30(23)27-15-24-21(16-37(27)18-33)11-12-28(39)29(24)32(41)43-2/h3-10,17,21,24,27-29,34,39H,11-16H2,1-2H3/t21-,24-,27-,28-,29+/m0/s1. The summed E-state index contributed by atoms with van der Waals surface area (Å²) in [6.07, 6.45) is 6.03. The number of aliphatic hydroxyl groups excluding tert-OH is 1. The molecule has 11 nitrogen and oxygen atoms in total. The van der Waals surface area contributed by atoms with Crippen LogP contribution in [0.1, 0.15) is 46.9 Å². The lowest BCUT2D eigenvalue weighted by Gasteiger charge is -2.47. The fourth-order valence-corrected chi connectivity index (χ4v) is 6.98. The van der Waals surface area contributed by atoms with Crippen LogP contribution in [-0.2, 0) is 27.2 Å². The van der Waals surface area contributed by atoms with Gasteiger partial charge in [0.05, 0.1) is 44.0 Å². The minimum absolute atomic E-state index is 0.0893. The third-order valence-electron chi connectivity index (χ3n) is 9.13. The number of aliphatic hydroxyl groups is 1. The van der Waals surface area contributed by atoms with Gasteiger partial charge < -0.3 is 24.5 Å². The van der Waals surface area contributed by atoms with Crippen molar-refractivity contribution in [3.05, 3.63) is 71.5 Å². The molecule has 1 saturated heterocycles. The van der Waals surface area contributed by atoms with Crippen LogP contribution in [0.25, 0.3) is 22.2 Å². The van der Waals surface area contributed by atoms with Crippen molar-refractivity contribution in [1.82, 2.24) is 24.9 Å². The Balaban J connectivity index is 1.28. The van der Waals surface area contributed by atoms with Gasteiger partial charge in [0.15, 0.2) is 6.19 Å². The zero-order chi connectivity index (χ0) is 30.1. The summed E-state index contributed by atoms with van der Waals surface area (Å²) < 4.78 is 11.7. The first-order valence-corrected chi connectivity index (χ1v) is 14.5. The molecule has 4 aromatic rings. The minimum atomic E-state index is -0.747. The summed E-state index contributed by atoms with van der Waals surface area (Å²) in [4.78, 5) is 29.9. The van der Waals surface area contributed by atoms with E-state index >= 15 is 0 Å². The highest BCUT2D eigenvalue weighted by molar-refractivity contribution is 5.89. The average molecular weight is 583 g/mol. The van der Waals surface area contributed by atoms with Gasteiger partial charge in [-0.05, 0) is 61.3 Å². The van der Waals surface area contributed by atoms with Crippen LogP contribution in [0.2, 0.25) is 0 Å². The molecule has 0 unspecified atom stereocenters. The summed E-state index contributed by atoms with van der Waals surface area (Å²) in [7, 11) is 2.71. The molecule has 0 spiro atoms. The average Bonchev–Trinajstić information content (AvgIpc) is 3.67. The molecule has 1 saturated carbocycles. The Kier molecular flexibility index (Phi) is 7.86. The quantitative estimate of drug-likeness (QED) is 0.245. The van der Waals surface area contributed by atoms with Crippen LogP contribution in [-0.4, -0.2) is 68.8 Å². The second kappa shape index (κ2) is 11.9. The number of carbonyl (C=O) groups excluding carboxylic acids is 2. The van der Waals surface area contributed by atoms with Crippen LogP contribution in [0.4, 0.5) is 0 Å². The number of hydrogen-bond acceptors (Lipinski definition) is 9. The van der Waals surface area contributed by atoms with Crippen molar-refractivity contribution >= 4 is 22.8 Å². The molecule has 5 atom stereocenters. The first kappa shape index (κ1) is 28.4. The summed E-state index contributed by atoms with van der Waals surface area (Å²) in [6, 6.07) is 14.8. The van der Waals surface area contributed by atoms with E-state index in [2.05, 4.69) is 27.6 Å². The van der Waals surface area contributed by atoms with E-state index in [1.165, 1.54) is 14.2 Å². The van der Waals surface area contributed by atoms with Gasteiger partial charge >= 0.3 is 11.9 Å². The fraction of sp³-hybridized carbons (Fsp3) is 0.406. The maximum absolute atomic E-state index is 12.8. The zero-order valence-corrected chi connectivity index (χ0v) is 24.1. The van der Waals surface area contributed by atoms with Crippen molar-refractivity contribution in [3.8, 4) is 17.5 Å². The van der Waals surface area contributed by atoms with Gasteiger partial charge in [0, 0.05) is 35.2 Å². The molecule has 1 aliphatic heterocycles. The van der Waals surface area contributed by atoms with Crippen LogP contribution in [0, 0.1) is 29.2 Å². The van der Waals surface area contributed by atoms with Gasteiger partial charge in [-0.25, -0.2) is 4.79 Å². The molecule has 2 fully saturated rings. The van der Waals surface area contributed by atoms with E-state index in [4.69, 9.17) is 9.47 Å². The number of benzene rings is 2. The van der Waals surface area contributed by atoms with E-state index in [1.807, 2.05) is 41.4 Å². The third-order valence-corrected chi connectivity index (χ3v) is 9.13. The largest absolute Gasteiger partial charge is 0.469 e. The van der Waals surface area contributed by atoms with Crippen LogP contribution in [0.5, 0.6) is 0 Å². The van der Waals surface area contributed by atoms with Gasteiger partial charge in [0.1, 0.15) is 5.69 Å². The van der Waals surface area contributed by atoms with Crippen molar-refractivity contribution in [2.24, 2.45) is 17.8 Å². The number of H-pyrrole nitrogens is 1. The Hall–Kier alpha value is -4.69. The maximum Gasteiger partial charge on any atom is 0.337 e. The molecule has 3 heterocycles. The number of likely N-dealkylation sites (tertiary alicyclic amines) is 1. The van der Waals surface area contributed by atoms with Crippen molar-refractivity contribution in [2.45, 2.75) is 44.4 Å². The summed E-state index contributed by atoms with van der Waals surface area (Å²) in [6.45, 7) is 1.08. The molecule has 11 heteroatoms. The highest BCUT2D eigenvalue weighted by Crippen LogP contribution is 2.47. The molecule has 43 heavy (non-hydrogen) atoms. The molecule has 2 aliphatic rings. The third kappa shape index (κ3) is 5.34. The van der Waals surface area contributed by atoms with Gasteiger partial charge in [-0.15, -0.1) is 5.10 Å². The van der Waals surface area contributed by atoms with Crippen molar-refractivity contribution in [3.63, 3.8) is 0 Å². The molecule has 1 aliphatic carbocycles. The number of aryl methyl sites for hydroxylation is 2. The van der Waals surface area contributed by atoms with Gasteiger partial charge in [-0.2, -0.15) is 5.26 Å². The van der Waals surface area contributed by atoms with Gasteiger partial charge in [0.25, 0.3) is 0 Å². The first-order valence-electron chi connectivity index (χ1n) is 14.5. The number of methoxy groups -OCH3 is 2. The number of hydrogen-bond donors (Lipinski definition) is 2. The Morgan fingerprint density at radius 1 is 1.12 bits per heavy atom. The predicted molar refractivity (Wildman–Crippen MR) is 156 cm³/mol. The van der Waals surface area contributed by atoms with Crippen LogP contribution in [0.3, 0.4) is 0 Å². The number of nitrogens with zero attached hydrogens (tertiary/aromatic N) is 5. The molecule has 0 radical (unpaired) electrons. The number of para-hydroxylation sites is 1. The second-order valence-electron chi connectivity index (χ2n) is 11.4. The van der Waals surface area contributed by atoms with E-state index in [1.54, 1.807) is 16.8 Å². The summed E-state index contributed by atoms with van der Waals surface area (Å²) in [5.41, 5.74) is 5.00. The topological polar surface area (TPSA) is 146 Å². The van der Waals surface area contributed by atoms with E-state index in [0.29, 0.717) is 43.6 Å². The van der Waals surface area contributed by atoms with Crippen LogP contribution < -0.4 is 0 Å². The van der Waals surface area contributed by atoms with Crippen molar-refractivity contribution in [2.75, 3.05) is 20.8 Å². The molecule has 0 amide bonds. The minimum Gasteiger partial charge on any atom is -0.469 e. The highest BCUT2D eigenvalue weighted by Gasteiger charge is 2.49. The number of nitriles is 1. The lowest BCUT2D eigenvalue weighted by atomic mass is 9.65. The smallest absolute Gasteiger partial charge is 0.337 e. The lowest BCUT2D eigenvalue weighted by Crippen LogP contribution is -2.51. The molecule has 6 rings (SSSR count). The Bertz CT molecular complexity index is 1670. The number of ether oxygens (including phenoxy) is 2. The Labute approximate surface area is 249 Å². The predicted octanol–water partition coefficient (Wildman–Crippen LogP) is 3.86. The summed E-state index contributed by atoms with van der Waals surface area (Å²) in [5.74, 6) is -1.34. The maximum atomic E-state index is 12.8. The zero-order valence-electron chi connectivity index (χ0n) is 24.1. The van der Waals surface area contributed by atoms with Crippen LogP contribution >= 0.6 is 0 Å². The number of fused-ring (bicyclic) bond motifs is 2. The lowest BCUT2D eigenvalue weighted by molar-refractivity contribution is -0.159. The summed E-state index contributed by atoms with van der Waals surface area (Å²) >= 11 is 0. The molecule has 222 valence electrons. The molecule has 2 N–H and O–H groups in total. The molecular weight excluding hydrogens is 548 g/mol. The van der Waals surface area contributed by atoms with E-state index in [0.717, 1.165) is 34.1 Å². The molecule has 2 aromatic heterocycles. The SMILES string of the molecule is COC(=O)c1ccc(-c2cn(CCc3c([C@@H]4C[C@H]5[C@@H](CC[C@H](O)[C@@H]5C(=O)OC)CN4C#N)[nH]c4ccccc34)nn2)cc1. The summed E-state index contributed by atoms with van der Waals surface area (Å²) in [5, 5.41) is 30.7. The number of nitrogens with one attached hydrogen (secondary N) is 1. The molecular formula is C32H34N6O5. The fourth-order valence-electron chi connectivity index (χ4n) is 6.98. The highest BCUT2D eigenvalue weighted by atomic mass is 16.5. The first-order chi connectivity index (χ1) is 20.9. The van der Waals surface area contributed by atoms with Gasteiger partial charge in [0.2, 0.25) is 0 Å². The van der Waals surface area contributed by atoms with E-state index in [-0.39, 0.29) is 23.8 Å². The number of aromatic nitrogens is 4.